The number of fused-ring (bicyclic) bond motifs is 1. The molecule has 2 atom stereocenters. The predicted octanol–water partition coefficient (Wildman–Crippen LogP) is 2.43. The number of aliphatic imine (C=N–C) groups is 1. The van der Waals surface area contributed by atoms with Crippen LogP contribution in [0.1, 0.15) is 38.8 Å². The van der Waals surface area contributed by atoms with Gasteiger partial charge in [-0.25, -0.2) is 0 Å². The molecule has 1 saturated heterocycles. The molecule has 2 heterocycles. The number of morpholine rings is 1. The van der Waals surface area contributed by atoms with Crippen LogP contribution in [0.25, 0.3) is 0 Å². The van der Waals surface area contributed by atoms with E-state index >= 15 is 0 Å². The summed E-state index contributed by atoms with van der Waals surface area (Å²) >= 11 is 0. The van der Waals surface area contributed by atoms with Crippen molar-refractivity contribution in [1.29, 1.82) is 0 Å². The summed E-state index contributed by atoms with van der Waals surface area (Å²) in [5, 5.41) is 6.96. The van der Waals surface area contributed by atoms with Gasteiger partial charge in [-0.05, 0) is 31.9 Å². The molecule has 2 aliphatic heterocycles. The third kappa shape index (κ3) is 5.79. The Morgan fingerprint density at radius 3 is 2.70 bits per heavy atom. The maximum absolute atomic E-state index is 5.94. The van der Waals surface area contributed by atoms with E-state index in [1.54, 1.807) is 0 Å². The first-order valence-electron chi connectivity index (χ1n) is 11.2. The lowest BCUT2D eigenvalue weighted by Gasteiger charge is -2.37. The zero-order chi connectivity index (χ0) is 21.5. The Hall–Kier alpha value is -1.99. The fourth-order valence-corrected chi connectivity index (χ4v) is 4.21. The van der Waals surface area contributed by atoms with Gasteiger partial charge in [0.25, 0.3) is 0 Å². The summed E-state index contributed by atoms with van der Waals surface area (Å²) in [6.45, 7) is 14.4. The van der Waals surface area contributed by atoms with E-state index in [4.69, 9.17) is 14.2 Å². The molecular weight excluding hydrogens is 380 g/mol. The van der Waals surface area contributed by atoms with Gasteiger partial charge in [-0.1, -0.05) is 13.8 Å². The average molecular weight is 419 g/mol. The average Bonchev–Trinajstić information content (AvgIpc) is 3.10. The number of guanidine groups is 1. The first-order chi connectivity index (χ1) is 14.5. The Morgan fingerprint density at radius 2 is 2.03 bits per heavy atom. The van der Waals surface area contributed by atoms with E-state index in [0.29, 0.717) is 25.1 Å². The summed E-state index contributed by atoms with van der Waals surface area (Å²) in [5.74, 6) is 3.24. The normalized spacial score (nSPS) is 20.6. The molecule has 3 rings (SSSR count). The van der Waals surface area contributed by atoms with Crippen LogP contribution in [0.3, 0.4) is 0 Å². The first kappa shape index (κ1) is 22.7. The van der Waals surface area contributed by atoms with Crippen LogP contribution in [0, 0.1) is 5.92 Å². The van der Waals surface area contributed by atoms with Crippen molar-refractivity contribution < 1.29 is 14.2 Å². The second kappa shape index (κ2) is 10.9. The van der Waals surface area contributed by atoms with Gasteiger partial charge < -0.3 is 24.8 Å². The lowest BCUT2D eigenvalue weighted by molar-refractivity contribution is 0.00752. The van der Waals surface area contributed by atoms with Crippen LogP contribution < -0.4 is 20.1 Å². The van der Waals surface area contributed by atoms with Crippen molar-refractivity contribution in [3.63, 3.8) is 0 Å². The molecule has 168 valence electrons. The molecule has 30 heavy (non-hydrogen) atoms. The Morgan fingerprint density at radius 1 is 1.27 bits per heavy atom. The standard InChI is InChI=1S/C23H38N4O3/c1-6-29-21-12-18-11-17(4)30-22(18)13-19(21)14-25-23(24-5)26-15-20(16(2)3)27-7-9-28-10-8-27/h12-13,16-17,20H,6-11,14-15H2,1-5H3,(H2,24,25,26). The van der Waals surface area contributed by atoms with Crippen LogP contribution in [0.4, 0.5) is 0 Å². The molecule has 0 bridgehead atoms. The van der Waals surface area contributed by atoms with E-state index in [2.05, 4.69) is 53.4 Å². The molecule has 0 radical (unpaired) electrons. The van der Waals surface area contributed by atoms with Gasteiger partial charge >= 0.3 is 0 Å². The summed E-state index contributed by atoms with van der Waals surface area (Å²) in [6, 6.07) is 4.68. The summed E-state index contributed by atoms with van der Waals surface area (Å²) in [4.78, 5) is 6.93. The minimum absolute atomic E-state index is 0.222. The maximum Gasteiger partial charge on any atom is 0.191 e. The molecule has 1 fully saturated rings. The van der Waals surface area contributed by atoms with Gasteiger partial charge in [0.1, 0.15) is 17.6 Å². The van der Waals surface area contributed by atoms with E-state index in [1.165, 1.54) is 5.56 Å². The lowest BCUT2D eigenvalue weighted by Crippen LogP contribution is -2.52. The van der Waals surface area contributed by atoms with Crippen LogP contribution in [0.15, 0.2) is 17.1 Å². The Balaban J connectivity index is 1.60. The summed E-state index contributed by atoms with van der Waals surface area (Å²) in [7, 11) is 1.81. The Labute approximate surface area is 181 Å². The van der Waals surface area contributed by atoms with Crippen molar-refractivity contribution in [3.8, 4) is 11.5 Å². The third-order valence-corrected chi connectivity index (χ3v) is 5.81. The lowest BCUT2D eigenvalue weighted by atomic mass is 10.0. The Bertz CT molecular complexity index is 717. The fraction of sp³-hybridized carbons (Fsp3) is 0.696. The van der Waals surface area contributed by atoms with Gasteiger partial charge in [0, 0.05) is 56.8 Å². The molecule has 0 aliphatic carbocycles. The molecule has 2 N–H and O–H groups in total. The van der Waals surface area contributed by atoms with Crippen molar-refractivity contribution >= 4 is 5.96 Å². The predicted molar refractivity (Wildman–Crippen MR) is 121 cm³/mol. The number of nitrogens with one attached hydrogen (secondary N) is 2. The number of nitrogens with zero attached hydrogens (tertiary/aromatic N) is 2. The monoisotopic (exact) mass is 418 g/mol. The van der Waals surface area contributed by atoms with Crippen molar-refractivity contribution in [2.24, 2.45) is 10.9 Å². The topological polar surface area (TPSA) is 67.4 Å². The maximum atomic E-state index is 5.94. The zero-order valence-corrected chi connectivity index (χ0v) is 19.2. The second-order valence-corrected chi connectivity index (χ2v) is 8.40. The minimum atomic E-state index is 0.222. The number of rotatable bonds is 8. The highest BCUT2D eigenvalue weighted by Crippen LogP contribution is 2.35. The van der Waals surface area contributed by atoms with Crippen molar-refractivity contribution in [1.82, 2.24) is 15.5 Å². The largest absolute Gasteiger partial charge is 0.494 e. The highest BCUT2D eigenvalue weighted by Gasteiger charge is 2.24. The Kier molecular flexibility index (Phi) is 8.22. The smallest absolute Gasteiger partial charge is 0.191 e. The molecule has 1 aromatic carbocycles. The summed E-state index contributed by atoms with van der Waals surface area (Å²) in [6.07, 6.45) is 1.16. The number of hydrogen-bond donors (Lipinski definition) is 2. The quantitative estimate of drug-likeness (QED) is 0.499. The number of benzene rings is 1. The van der Waals surface area contributed by atoms with E-state index in [0.717, 1.165) is 62.3 Å². The van der Waals surface area contributed by atoms with Gasteiger partial charge in [-0.15, -0.1) is 0 Å². The molecule has 0 spiro atoms. The first-order valence-corrected chi connectivity index (χ1v) is 11.2. The van der Waals surface area contributed by atoms with Crippen molar-refractivity contribution in [2.45, 2.75) is 52.8 Å². The molecule has 0 amide bonds. The van der Waals surface area contributed by atoms with Crippen molar-refractivity contribution in [3.05, 3.63) is 23.3 Å². The van der Waals surface area contributed by atoms with Crippen LogP contribution in [0.5, 0.6) is 11.5 Å². The van der Waals surface area contributed by atoms with Crippen LogP contribution >= 0.6 is 0 Å². The van der Waals surface area contributed by atoms with Crippen LogP contribution in [-0.2, 0) is 17.7 Å². The van der Waals surface area contributed by atoms with Crippen molar-refractivity contribution in [2.75, 3.05) is 46.5 Å². The number of hydrogen-bond acceptors (Lipinski definition) is 5. The SMILES string of the molecule is CCOc1cc2c(cc1CNC(=NC)NCC(C(C)C)N1CCOCC1)OC(C)C2. The molecule has 1 aromatic rings. The molecule has 2 aliphatic rings. The van der Waals surface area contributed by atoms with Crippen LogP contribution in [-0.4, -0.2) is 69.5 Å². The molecule has 0 aromatic heterocycles. The minimum Gasteiger partial charge on any atom is -0.494 e. The van der Waals surface area contributed by atoms with Gasteiger partial charge in [0.15, 0.2) is 5.96 Å². The van der Waals surface area contributed by atoms with E-state index in [9.17, 15) is 0 Å². The summed E-state index contributed by atoms with van der Waals surface area (Å²) < 4.78 is 17.4. The fourth-order valence-electron chi connectivity index (χ4n) is 4.21. The molecule has 7 nitrogen and oxygen atoms in total. The van der Waals surface area contributed by atoms with Gasteiger partial charge in [-0.2, -0.15) is 0 Å². The molecular formula is C23H38N4O3. The highest BCUT2D eigenvalue weighted by molar-refractivity contribution is 5.79. The van der Waals surface area contributed by atoms with Crippen LogP contribution in [0.2, 0.25) is 0 Å². The van der Waals surface area contributed by atoms with Gasteiger partial charge in [0.05, 0.1) is 19.8 Å². The third-order valence-electron chi connectivity index (χ3n) is 5.81. The highest BCUT2D eigenvalue weighted by atomic mass is 16.5. The van der Waals surface area contributed by atoms with E-state index in [-0.39, 0.29) is 6.10 Å². The summed E-state index contributed by atoms with van der Waals surface area (Å²) in [5.41, 5.74) is 2.31. The van der Waals surface area contributed by atoms with Gasteiger partial charge in [-0.3, -0.25) is 9.89 Å². The van der Waals surface area contributed by atoms with Gasteiger partial charge in [0.2, 0.25) is 0 Å². The molecule has 0 saturated carbocycles. The molecule has 7 heteroatoms. The zero-order valence-electron chi connectivity index (χ0n) is 19.2. The second-order valence-electron chi connectivity index (χ2n) is 8.40. The number of ether oxygens (including phenoxy) is 3. The van der Waals surface area contributed by atoms with E-state index in [1.807, 2.05) is 14.0 Å². The molecule has 2 unspecified atom stereocenters. The van der Waals surface area contributed by atoms with E-state index < -0.39 is 0 Å².